The van der Waals surface area contributed by atoms with Gasteiger partial charge in [0.25, 0.3) is 0 Å². The number of anilines is 1. The Kier molecular flexibility index (Phi) is 5.78. The Morgan fingerprint density at radius 3 is 2.64 bits per heavy atom. The lowest BCUT2D eigenvalue weighted by Gasteiger charge is -2.28. The first-order chi connectivity index (χ1) is 10.6. The summed E-state index contributed by atoms with van der Waals surface area (Å²) >= 11 is 6.09. The van der Waals surface area contributed by atoms with Crippen molar-refractivity contribution in [2.24, 2.45) is 0 Å². The van der Waals surface area contributed by atoms with Gasteiger partial charge in [0.15, 0.2) is 0 Å². The molecule has 4 nitrogen and oxygen atoms in total. The first-order valence-corrected chi connectivity index (χ1v) is 7.70. The topological polar surface area (TPSA) is 45.2 Å². The van der Waals surface area contributed by atoms with Crippen LogP contribution in [-0.2, 0) is 0 Å². The van der Waals surface area contributed by atoms with Gasteiger partial charge in [0.05, 0.1) is 22.4 Å². The quantitative estimate of drug-likeness (QED) is 0.865. The number of hydrogen-bond donors (Lipinski definition) is 1. The van der Waals surface area contributed by atoms with Crippen LogP contribution in [-0.4, -0.2) is 23.0 Å². The van der Waals surface area contributed by atoms with E-state index in [0.29, 0.717) is 10.7 Å². The maximum absolute atomic E-state index is 12.5. The van der Waals surface area contributed by atoms with Crippen molar-refractivity contribution < 1.29 is 4.79 Å². The number of benzene rings is 1. The fourth-order valence-corrected chi connectivity index (χ4v) is 2.48. The number of urea groups is 1. The van der Waals surface area contributed by atoms with Crippen LogP contribution in [0.15, 0.2) is 48.7 Å². The molecule has 5 heteroatoms. The first kappa shape index (κ1) is 16.3. The molecule has 0 radical (unpaired) electrons. The van der Waals surface area contributed by atoms with Crippen LogP contribution in [0.2, 0.25) is 5.02 Å². The van der Waals surface area contributed by atoms with Crippen molar-refractivity contribution in [3.05, 3.63) is 59.4 Å². The largest absolute Gasteiger partial charge is 0.322 e. The molecule has 2 aromatic rings. The van der Waals surface area contributed by atoms with E-state index in [4.69, 9.17) is 11.6 Å². The van der Waals surface area contributed by atoms with Crippen LogP contribution in [0.4, 0.5) is 10.5 Å². The van der Waals surface area contributed by atoms with Gasteiger partial charge < -0.3 is 10.2 Å². The average molecular weight is 318 g/mol. The number of nitrogens with zero attached hydrogens (tertiary/aromatic N) is 2. The van der Waals surface area contributed by atoms with Crippen molar-refractivity contribution in [2.45, 2.75) is 25.8 Å². The van der Waals surface area contributed by atoms with E-state index in [1.165, 1.54) is 0 Å². The van der Waals surface area contributed by atoms with Crippen LogP contribution >= 0.6 is 11.6 Å². The lowest BCUT2D eigenvalue weighted by molar-refractivity contribution is 0.199. The zero-order valence-corrected chi connectivity index (χ0v) is 13.5. The fourth-order valence-electron chi connectivity index (χ4n) is 2.29. The summed E-state index contributed by atoms with van der Waals surface area (Å²) in [6, 6.07) is 12.7. The third kappa shape index (κ3) is 3.98. The minimum atomic E-state index is -0.197. The standard InChI is InChI=1S/C17H20ClN3O/c1-3-8-16(15-11-6-7-12-19-15)21(2)17(22)20-14-10-5-4-9-13(14)18/h4-7,9-12,16H,3,8H2,1-2H3,(H,20,22)/t16-/m1/s1. The highest BCUT2D eigenvalue weighted by Gasteiger charge is 2.22. The molecular formula is C17H20ClN3O. The Hall–Kier alpha value is -2.07. The Bertz CT molecular complexity index is 618. The number of carbonyl (C=O) groups is 1. The average Bonchev–Trinajstić information content (AvgIpc) is 2.55. The van der Waals surface area contributed by atoms with Gasteiger partial charge in [0.1, 0.15) is 0 Å². The minimum Gasteiger partial charge on any atom is -0.319 e. The Labute approximate surface area is 136 Å². The van der Waals surface area contributed by atoms with Gasteiger partial charge in [-0.1, -0.05) is 43.1 Å². The van der Waals surface area contributed by atoms with Gasteiger partial charge in [-0.25, -0.2) is 4.79 Å². The summed E-state index contributed by atoms with van der Waals surface area (Å²) in [6.07, 6.45) is 3.56. The third-order valence-electron chi connectivity index (χ3n) is 3.49. The van der Waals surface area contributed by atoms with Gasteiger partial charge in [-0.15, -0.1) is 0 Å². The molecule has 0 aliphatic heterocycles. The van der Waals surface area contributed by atoms with Crippen molar-refractivity contribution in [1.82, 2.24) is 9.88 Å². The summed E-state index contributed by atoms with van der Waals surface area (Å²) in [6.45, 7) is 2.09. The van der Waals surface area contributed by atoms with Gasteiger partial charge in [-0.05, 0) is 30.7 Å². The number of amides is 2. The number of halogens is 1. The zero-order chi connectivity index (χ0) is 15.9. The molecule has 0 saturated heterocycles. The Morgan fingerprint density at radius 1 is 1.27 bits per heavy atom. The second-order valence-electron chi connectivity index (χ2n) is 5.08. The van der Waals surface area contributed by atoms with E-state index >= 15 is 0 Å². The lowest BCUT2D eigenvalue weighted by Crippen LogP contribution is -2.35. The molecule has 1 heterocycles. The molecule has 0 spiro atoms. The molecule has 0 saturated carbocycles. The molecule has 22 heavy (non-hydrogen) atoms. The fraction of sp³-hybridized carbons (Fsp3) is 0.294. The Balaban J connectivity index is 2.15. The number of aromatic nitrogens is 1. The number of rotatable bonds is 5. The Morgan fingerprint density at radius 2 is 2.00 bits per heavy atom. The molecule has 1 N–H and O–H groups in total. The molecule has 0 aliphatic rings. The lowest BCUT2D eigenvalue weighted by atomic mass is 10.1. The van der Waals surface area contributed by atoms with Crippen LogP contribution < -0.4 is 5.32 Å². The number of hydrogen-bond acceptors (Lipinski definition) is 2. The van der Waals surface area contributed by atoms with E-state index in [-0.39, 0.29) is 12.1 Å². The molecule has 2 amide bonds. The smallest absolute Gasteiger partial charge is 0.319 e. The summed E-state index contributed by atoms with van der Waals surface area (Å²) in [5.74, 6) is 0. The van der Waals surface area contributed by atoms with Crippen molar-refractivity contribution in [3.63, 3.8) is 0 Å². The highest BCUT2D eigenvalue weighted by Crippen LogP contribution is 2.25. The normalized spacial score (nSPS) is 11.8. The third-order valence-corrected chi connectivity index (χ3v) is 3.82. The molecule has 0 bridgehead atoms. The summed E-state index contributed by atoms with van der Waals surface area (Å²) in [4.78, 5) is 18.5. The highest BCUT2D eigenvalue weighted by molar-refractivity contribution is 6.33. The molecule has 1 aromatic heterocycles. The summed E-state index contributed by atoms with van der Waals surface area (Å²) in [7, 11) is 1.78. The van der Waals surface area contributed by atoms with E-state index < -0.39 is 0 Å². The molecule has 1 atom stereocenters. The van der Waals surface area contributed by atoms with Gasteiger partial charge >= 0.3 is 6.03 Å². The number of carbonyl (C=O) groups excluding carboxylic acids is 1. The van der Waals surface area contributed by atoms with Crippen LogP contribution in [0, 0.1) is 0 Å². The maximum atomic E-state index is 12.5. The predicted octanol–water partition coefficient (Wildman–Crippen LogP) is 4.74. The second kappa shape index (κ2) is 7.80. The summed E-state index contributed by atoms with van der Waals surface area (Å²) in [5, 5.41) is 3.37. The number of pyridine rings is 1. The van der Waals surface area contributed by atoms with Gasteiger partial charge in [-0.2, -0.15) is 0 Å². The second-order valence-corrected chi connectivity index (χ2v) is 5.49. The number of para-hydroxylation sites is 1. The molecule has 1 aromatic carbocycles. The predicted molar refractivity (Wildman–Crippen MR) is 90.1 cm³/mol. The van der Waals surface area contributed by atoms with Crippen LogP contribution in [0.5, 0.6) is 0 Å². The van der Waals surface area contributed by atoms with Gasteiger partial charge in [0.2, 0.25) is 0 Å². The molecule has 0 aliphatic carbocycles. The zero-order valence-electron chi connectivity index (χ0n) is 12.8. The molecule has 116 valence electrons. The summed E-state index contributed by atoms with van der Waals surface area (Å²) in [5.41, 5.74) is 1.50. The molecular weight excluding hydrogens is 298 g/mol. The molecule has 2 rings (SSSR count). The van der Waals surface area contributed by atoms with E-state index in [1.807, 2.05) is 30.3 Å². The molecule has 0 unspecified atom stereocenters. The van der Waals surface area contributed by atoms with Crippen molar-refractivity contribution in [2.75, 3.05) is 12.4 Å². The first-order valence-electron chi connectivity index (χ1n) is 7.32. The van der Waals surface area contributed by atoms with Crippen molar-refractivity contribution >= 4 is 23.3 Å². The molecule has 0 fully saturated rings. The van der Waals surface area contributed by atoms with Gasteiger partial charge in [-0.3, -0.25) is 4.98 Å². The maximum Gasteiger partial charge on any atom is 0.322 e. The highest BCUT2D eigenvalue weighted by atomic mass is 35.5. The summed E-state index contributed by atoms with van der Waals surface area (Å²) < 4.78 is 0. The van der Waals surface area contributed by atoms with E-state index in [0.717, 1.165) is 18.5 Å². The van der Waals surface area contributed by atoms with Crippen LogP contribution in [0.25, 0.3) is 0 Å². The monoisotopic (exact) mass is 317 g/mol. The van der Waals surface area contributed by atoms with Gasteiger partial charge in [0, 0.05) is 13.2 Å². The van der Waals surface area contributed by atoms with Crippen LogP contribution in [0.1, 0.15) is 31.5 Å². The number of nitrogens with one attached hydrogen (secondary N) is 1. The SMILES string of the molecule is CCC[C@H](c1ccccn1)N(C)C(=O)Nc1ccccc1Cl. The van der Waals surface area contributed by atoms with Crippen molar-refractivity contribution in [1.29, 1.82) is 0 Å². The van der Waals surface area contributed by atoms with E-state index in [2.05, 4.69) is 17.2 Å². The van der Waals surface area contributed by atoms with Crippen molar-refractivity contribution in [3.8, 4) is 0 Å². The minimum absolute atomic E-state index is 0.0614. The van der Waals surface area contributed by atoms with E-state index in [1.54, 1.807) is 30.3 Å². The van der Waals surface area contributed by atoms with Crippen LogP contribution in [0.3, 0.4) is 0 Å². The van der Waals surface area contributed by atoms with E-state index in [9.17, 15) is 4.79 Å².